The molecule has 2 saturated carbocycles. The summed E-state index contributed by atoms with van der Waals surface area (Å²) in [6.07, 6.45) is 5.54. The van der Waals surface area contributed by atoms with Crippen molar-refractivity contribution < 1.29 is 0 Å². The Morgan fingerprint density at radius 2 is 1.90 bits per heavy atom. The lowest BCUT2D eigenvalue weighted by molar-refractivity contribution is 0.109. The van der Waals surface area contributed by atoms with Gasteiger partial charge in [0.2, 0.25) is 0 Å². The van der Waals surface area contributed by atoms with Crippen molar-refractivity contribution in [1.82, 2.24) is 5.32 Å². The highest BCUT2D eigenvalue weighted by Gasteiger charge is 2.58. The molecule has 21 heavy (non-hydrogen) atoms. The molecule has 1 nitrogen and oxygen atoms in total. The molecule has 2 unspecified atom stereocenters. The van der Waals surface area contributed by atoms with Crippen LogP contribution < -0.4 is 5.32 Å². The van der Waals surface area contributed by atoms with Crippen LogP contribution in [0.3, 0.4) is 0 Å². The number of nitrogens with one attached hydrogen (secondary N) is 1. The van der Waals surface area contributed by atoms with E-state index in [4.69, 9.17) is 0 Å². The quantitative estimate of drug-likeness (QED) is 0.804. The Bertz CT molecular complexity index is 473. The maximum atomic E-state index is 3.94. The van der Waals surface area contributed by atoms with Gasteiger partial charge in [0.25, 0.3) is 0 Å². The summed E-state index contributed by atoms with van der Waals surface area (Å²) in [6, 6.07) is 11.6. The fourth-order valence-electron chi connectivity index (χ4n) is 5.20. The average molecular weight is 285 g/mol. The van der Waals surface area contributed by atoms with E-state index < -0.39 is 0 Å². The number of rotatable bonds is 5. The molecule has 1 aromatic carbocycles. The Morgan fingerprint density at radius 1 is 1.19 bits per heavy atom. The molecule has 3 rings (SSSR count). The highest BCUT2D eigenvalue weighted by Crippen LogP contribution is 2.62. The Labute approximate surface area is 130 Å². The molecule has 2 bridgehead atoms. The number of benzene rings is 1. The second kappa shape index (κ2) is 5.43. The van der Waals surface area contributed by atoms with Gasteiger partial charge < -0.3 is 5.32 Å². The molecule has 116 valence electrons. The smallest absolute Gasteiger partial charge is 0.0175 e. The molecule has 2 aliphatic carbocycles. The van der Waals surface area contributed by atoms with E-state index in [1.165, 1.54) is 31.2 Å². The third kappa shape index (κ3) is 2.65. The molecule has 1 heteroatoms. The average Bonchev–Trinajstić information content (AvgIpc) is 2.94. The van der Waals surface area contributed by atoms with E-state index in [1.54, 1.807) is 0 Å². The lowest BCUT2D eigenvalue weighted by Gasteiger charge is -2.43. The Kier molecular flexibility index (Phi) is 3.90. The topological polar surface area (TPSA) is 12.0 Å². The van der Waals surface area contributed by atoms with E-state index in [2.05, 4.69) is 63.3 Å². The maximum absolute atomic E-state index is 3.94. The first-order valence-electron chi connectivity index (χ1n) is 8.72. The van der Waals surface area contributed by atoms with Crippen molar-refractivity contribution in [2.24, 2.45) is 16.7 Å². The van der Waals surface area contributed by atoms with Crippen LogP contribution >= 0.6 is 0 Å². The Hall–Kier alpha value is -0.820. The van der Waals surface area contributed by atoms with Crippen molar-refractivity contribution in [1.29, 1.82) is 0 Å². The second-order valence-electron chi connectivity index (χ2n) is 8.40. The molecule has 2 fully saturated rings. The predicted molar refractivity (Wildman–Crippen MR) is 90.5 cm³/mol. The third-order valence-corrected chi connectivity index (χ3v) is 6.56. The minimum Gasteiger partial charge on any atom is -0.313 e. The third-order valence-electron chi connectivity index (χ3n) is 6.56. The molecule has 0 radical (unpaired) electrons. The van der Waals surface area contributed by atoms with Gasteiger partial charge >= 0.3 is 0 Å². The van der Waals surface area contributed by atoms with E-state index in [1.807, 2.05) is 0 Å². The largest absolute Gasteiger partial charge is 0.313 e. The summed E-state index contributed by atoms with van der Waals surface area (Å²) in [5.41, 5.74) is 2.49. The summed E-state index contributed by atoms with van der Waals surface area (Å²) >= 11 is 0. The van der Waals surface area contributed by atoms with E-state index in [0.717, 1.165) is 12.5 Å². The minimum absolute atomic E-state index is 0.475. The molecule has 4 atom stereocenters. The van der Waals surface area contributed by atoms with Gasteiger partial charge in [0.1, 0.15) is 0 Å². The van der Waals surface area contributed by atoms with Gasteiger partial charge in [-0.25, -0.2) is 0 Å². The number of hydrogen-bond acceptors (Lipinski definition) is 1. The first kappa shape index (κ1) is 15.1. The van der Waals surface area contributed by atoms with Gasteiger partial charge in [0.05, 0.1) is 0 Å². The minimum atomic E-state index is 0.475. The summed E-state index contributed by atoms with van der Waals surface area (Å²) in [7, 11) is 0. The van der Waals surface area contributed by atoms with Crippen LogP contribution in [0.15, 0.2) is 30.3 Å². The summed E-state index contributed by atoms with van der Waals surface area (Å²) < 4.78 is 0. The van der Waals surface area contributed by atoms with Crippen molar-refractivity contribution >= 4 is 0 Å². The van der Waals surface area contributed by atoms with Crippen LogP contribution in [-0.2, 0) is 0 Å². The van der Waals surface area contributed by atoms with E-state index >= 15 is 0 Å². The fourth-order valence-corrected chi connectivity index (χ4v) is 5.20. The van der Waals surface area contributed by atoms with E-state index in [-0.39, 0.29) is 0 Å². The molecule has 0 heterocycles. The SMILES string of the molecule is CC(CCNC1C(C)(C)[C@H]2CC[C@]1(C)C2)c1ccccc1. The molecule has 0 saturated heterocycles. The van der Waals surface area contributed by atoms with Crippen LogP contribution in [-0.4, -0.2) is 12.6 Å². The van der Waals surface area contributed by atoms with Crippen LogP contribution in [0, 0.1) is 16.7 Å². The van der Waals surface area contributed by atoms with Crippen LogP contribution in [0.4, 0.5) is 0 Å². The van der Waals surface area contributed by atoms with Crippen LogP contribution in [0.5, 0.6) is 0 Å². The molecule has 0 aliphatic heterocycles. The lowest BCUT2D eigenvalue weighted by atomic mass is 9.68. The number of fused-ring (bicyclic) bond motifs is 2. The molecule has 1 N–H and O–H groups in total. The van der Waals surface area contributed by atoms with Gasteiger partial charge in [0.15, 0.2) is 0 Å². The van der Waals surface area contributed by atoms with Gasteiger partial charge in [-0.1, -0.05) is 58.0 Å². The van der Waals surface area contributed by atoms with Crippen LogP contribution in [0.2, 0.25) is 0 Å². The summed E-state index contributed by atoms with van der Waals surface area (Å²) in [5, 5.41) is 3.94. The first-order valence-corrected chi connectivity index (χ1v) is 8.72. The first-order chi connectivity index (χ1) is 9.93. The zero-order valence-corrected chi connectivity index (χ0v) is 14.2. The van der Waals surface area contributed by atoms with E-state index in [0.29, 0.717) is 22.8 Å². The molecule has 0 aromatic heterocycles. The predicted octanol–water partition coefficient (Wildman–Crippen LogP) is 4.98. The van der Waals surface area contributed by atoms with E-state index in [9.17, 15) is 0 Å². The zero-order chi connectivity index (χ0) is 15.1. The maximum Gasteiger partial charge on any atom is 0.0175 e. The monoisotopic (exact) mass is 285 g/mol. The van der Waals surface area contributed by atoms with Crippen LogP contribution in [0.1, 0.15) is 64.9 Å². The molecular weight excluding hydrogens is 254 g/mol. The Morgan fingerprint density at radius 3 is 2.52 bits per heavy atom. The summed E-state index contributed by atoms with van der Waals surface area (Å²) in [4.78, 5) is 0. The zero-order valence-electron chi connectivity index (χ0n) is 14.2. The van der Waals surface area contributed by atoms with Gasteiger partial charge in [-0.15, -0.1) is 0 Å². The van der Waals surface area contributed by atoms with Gasteiger partial charge in [-0.05, 0) is 60.5 Å². The van der Waals surface area contributed by atoms with Gasteiger partial charge in [-0.2, -0.15) is 0 Å². The van der Waals surface area contributed by atoms with Crippen molar-refractivity contribution in [3.63, 3.8) is 0 Å². The highest BCUT2D eigenvalue weighted by molar-refractivity contribution is 5.18. The molecule has 1 aromatic rings. The van der Waals surface area contributed by atoms with Crippen molar-refractivity contribution in [3.05, 3.63) is 35.9 Å². The van der Waals surface area contributed by atoms with Crippen LogP contribution in [0.25, 0.3) is 0 Å². The van der Waals surface area contributed by atoms with Crippen molar-refractivity contribution in [2.75, 3.05) is 6.54 Å². The standard InChI is InChI=1S/C20H31N/c1-15(16-8-6-5-7-9-16)11-13-21-18-19(2,3)17-10-12-20(18,4)14-17/h5-9,15,17-18,21H,10-14H2,1-4H3/t15?,17-,18?,20+/m0/s1. The molecular formula is C20H31N. The highest BCUT2D eigenvalue weighted by atomic mass is 15.0. The molecule has 0 amide bonds. The number of hydrogen-bond donors (Lipinski definition) is 1. The Balaban J connectivity index is 1.56. The fraction of sp³-hybridized carbons (Fsp3) is 0.700. The second-order valence-corrected chi connectivity index (χ2v) is 8.40. The van der Waals surface area contributed by atoms with Crippen molar-refractivity contribution in [3.8, 4) is 0 Å². The van der Waals surface area contributed by atoms with Gasteiger partial charge in [0, 0.05) is 6.04 Å². The molecule has 2 aliphatic rings. The normalized spacial score (nSPS) is 35.0. The lowest BCUT2D eigenvalue weighted by Crippen LogP contribution is -2.50. The van der Waals surface area contributed by atoms with Gasteiger partial charge in [-0.3, -0.25) is 0 Å². The summed E-state index contributed by atoms with van der Waals surface area (Å²) in [6.45, 7) is 11.0. The van der Waals surface area contributed by atoms with Crippen molar-refractivity contribution in [2.45, 2.75) is 65.3 Å². The molecule has 0 spiro atoms. The summed E-state index contributed by atoms with van der Waals surface area (Å²) in [5.74, 6) is 1.58.